The number of anilines is 1. The second-order valence-corrected chi connectivity index (χ2v) is 4.84. The van der Waals surface area contributed by atoms with Crippen LogP contribution >= 0.6 is 0 Å². The van der Waals surface area contributed by atoms with Crippen molar-refractivity contribution in [3.63, 3.8) is 0 Å². The summed E-state index contributed by atoms with van der Waals surface area (Å²) in [5, 5.41) is 2.92. The quantitative estimate of drug-likeness (QED) is 0.900. The molecule has 5 heteroatoms. The van der Waals surface area contributed by atoms with E-state index in [9.17, 15) is 4.79 Å². The minimum absolute atomic E-state index is 0.0544. The highest BCUT2D eigenvalue weighted by molar-refractivity contribution is 5.74. The highest BCUT2D eigenvalue weighted by Crippen LogP contribution is 2.13. The zero-order chi connectivity index (χ0) is 13.7. The smallest absolute Gasteiger partial charge is 0.317 e. The normalized spacial score (nSPS) is 15.5. The van der Waals surface area contributed by atoms with Crippen molar-refractivity contribution in [2.24, 2.45) is 0 Å². The Hall–Kier alpha value is -1.78. The first-order valence-corrected chi connectivity index (χ1v) is 6.92. The maximum Gasteiger partial charge on any atom is 0.317 e. The maximum atomic E-state index is 11.8. The summed E-state index contributed by atoms with van der Waals surface area (Å²) < 4.78 is 0. The second kappa shape index (κ2) is 6.41. The molecular formula is C14H22N4O. The lowest BCUT2D eigenvalue weighted by atomic mass is 10.3. The molecule has 1 fully saturated rings. The third-order valence-corrected chi connectivity index (χ3v) is 3.29. The standard InChI is InChI=1S/C14H22N4O/c1-3-7-15-14(19)18-10-8-17(9-11-18)13-6-4-5-12(2)16-13/h4-6H,3,7-11H2,1-2H3,(H,15,19). The third-order valence-electron chi connectivity index (χ3n) is 3.29. The molecule has 2 heterocycles. The van der Waals surface area contributed by atoms with Gasteiger partial charge in [-0.2, -0.15) is 0 Å². The van der Waals surface area contributed by atoms with E-state index in [1.165, 1.54) is 0 Å². The molecule has 1 aromatic rings. The Morgan fingerprint density at radius 2 is 2.05 bits per heavy atom. The summed E-state index contributed by atoms with van der Waals surface area (Å²) in [7, 11) is 0. The molecule has 0 radical (unpaired) electrons. The van der Waals surface area contributed by atoms with Crippen molar-refractivity contribution < 1.29 is 4.79 Å². The van der Waals surface area contributed by atoms with Crippen molar-refractivity contribution in [2.45, 2.75) is 20.3 Å². The number of hydrogen-bond acceptors (Lipinski definition) is 3. The van der Waals surface area contributed by atoms with Gasteiger partial charge in [0.25, 0.3) is 0 Å². The number of amides is 2. The van der Waals surface area contributed by atoms with Gasteiger partial charge in [-0.1, -0.05) is 13.0 Å². The van der Waals surface area contributed by atoms with E-state index >= 15 is 0 Å². The van der Waals surface area contributed by atoms with Gasteiger partial charge in [-0.05, 0) is 25.5 Å². The fourth-order valence-electron chi connectivity index (χ4n) is 2.19. The predicted octanol–water partition coefficient (Wildman–Crippen LogP) is 1.63. The molecule has 2 amide bonds. The van der Waals surface area contributed by atoms with Gasteiger partial charge in [0, 0.05) is 38.4 Å². The Morgan fingerprint density at radius 1 is 1.32 bits per heavy atom. The van der Waals surface area contributed by atoms with E-state index in [0.29, 0.717) is 0 Å². The number of piperazine rings is 1. The Kier molecular flexibility index (Phi) is 4.60. The molecule has 0 saturated carbocycles. The molecular weight excluding hydrogens is 240 g/mol. The average molecular weight is 262 g/mol. The Labute approximate surface area is 114 Å². The van der Waals surface area contributed by atoms with Gasteiger partial charge in [-0.3, -0.25) is 0 Å². The summed E-state index contributed by atoms with van der Waals surface area (Å²) in [6, 6.07) is 6.11. The van der Waals surface area contributed by atoms with E-state index in [1.54, 1.807) is 0 Å². The Balaban J connectivity index is 1.87. The predicted molar refractivity (Wildman–Crippen MR) is 76.4 cm³/mol. The minimum atomic E-state index is 0.0544. The van der Waals surface area contributed by atoms with Crippen LogP contribution in [0.25, 0.3) is 0 Å². The number of pyridine rings is 1. The van der Waals surface area contributed by atoms with Crippen LogP contribution in [0.3, 0.4) is 0 Å². The van der Waals surface area contributed by atoms with Gasteiger partial charge < -0.3 is 15.1 Å². The highest BCUT2D eigenvalue weighted by Gasteiger charge is 2.21. The van der Waals surface area contributed by atoms with Crippen molar-refractivity contribution in [1.82, 2.24) is 15.2 Å². The van der Waals surface area contributed by atoms with Crippen LogP contribution in [0.2, 0.25) is 0 Å². The van der Waals surface area contributed by atoms with Crippen molar-refractivity contribution in [3.8, 4) is 0 Å². The Bertz CT molecular complexity index is 427. The van der Waals surface area contributed by atoms with Crippen LogP contribution in [0.1, 0.15) is 19.0 Å². The lowest BCUT2D eigenvalue weighted by Crippen LogP contribution is -2.52. The molecule has 0 aromatic carbocycles. The molecule has 1 saturated heterocycles. The van der Waals surface area contributed by atoms with Crippen LogP contribution < -0.4 is 10.2 Å². The first-order valence-electron chi connectivity index (χ1n) is 6.92. The Morgan fingerprint density at radius 3 is 2.68 bits per heavy atom. The first kappa shape index (κ1) is 13.6. The van der Waals surface area contributed by atoms with E-state index < -0.39 is 0 Å². The van der Waals surface area contributed by atoms with Crippen LogP contribution in [-0.4, -0.2) is 48.6 Å². The fourth-order valence-corrected chi connectivity index (χ4v) is 2.19. The first-order chi connectivity index (χ1) is 9.20. The number of urea groups is 1. The molecule has 19 heavy (non-hydrogen) atoms. The van der Waals surface area contributed by atoms with Gasteiger partial charge in [-0.25, -0.2) is 9.78 Å². The molecule has 0 atom stereocenters. The molecule has 2 rings (SSSR count). The number of hydrogen-bond donors (Lipinski definition) is 1. The minimum Gasteiger partial charge on any atom is -0.353 e. The number of aromatic nitrogens is 1. The second-order valence-electron chi connectivity index (χ2n) is 4.84. The van der Waals surface area contributed by atoms with Crippen LogP contribution in [-0.2, 0) is 0 Å². The summed E-state index contributed by atoms with van der Waals surface area (Å²) in [6.07, 6.45) is 0.971. The SMILES string of the molecule is CCCNC(=O)N1CCN(c2cccc(C)n2)CC1. The zero-order valence-electron chi connectivity index (χ0n) is 11.7. The fraction of sp³-hybridized carbons (Fsp3) is 0.571. The molecule has 1 aliphatic rings. The van der Waals surface area contributed by atoms with Gasteiger partial charge >= 0.3 is 6.03 Å². The average Bonchev–Trinajstić information content (AvgIpc) is 2.45. The van der Waals surface area contributed by atoms with Crippen molar-refractivity contribution >= 4 is 11.8 Å². The van der Waals surface area contributed by atoms with Gasteiger partial charge in [0.2, 0.25) is 0 Å². The van der Waals surface area contributed by atoms with Gasteiger partial charge in [0.05, 0.1) is 0 Å². The van der Waals surface area contributed by atoms with Crippen LogP contribution in [0, 0.1) is 6.92 Å². The molecule has 0 spiro atoms. The molecule has 0 bridgehead atoms. The molecule has 0 unspecified atom stereocenters. The van der Waals surface area contributed by atoms with E-state index in [1.807, 2.05) is 30.0 Å². The molecule has 104 valence electrons. The summed E-state index contributed by atoms with van der Waals surface area (Å²) in [5.74, 6) is 1.01. The van der Waals surface area contributed by atoms with E-state index in [-0.39, 0.29) is 6.03 Å². The van der Waals surface area contributed by atoms with Crippen molar-refractivity contribution in [2.75, 3.05) is 37.6 Å². The highest BCUT2D eigenvalue weighted by atomic mass is 16.2. The monoisotopic (exact) mass is 262 g/mol. The maximum absolute atomic E-state index is 11.8. The molecule has 1 aliphatic heterocycles. The summed E-state index contributed by atoms with van der Waals surface area (Å²) in [5.41, 5.74) is 1.03. The molecule has 1 aromatic heterocycles. The van der Waals surface area contributed by atoms with Gasteiger partial charge in [0.15, 0.2) is 0 Å². The van der Waals surface area contributed by atoms with E-state index in [4.69, 9.17) is 0 Å². The summed E-state index contributed by atoms with van der Waals surface area (Å²) in [4.78, 5) is 20.5. The number of rotatable bonds is 3. The lowest BCUT2D eigenvalue weighted by molar-refractivity contribution is 0.194. The van der Waals surface area contributed by atoms with Crippen LogP contribution in [0.15, 0.2) is 18.2 Å². The van der Waals surface area contributed by atoms with Crippen LogP contribution in [0.4, 0.5) is 10.6 Å². The largest absolute Gasteiger partial charge is 0.353 e. The zero-order valence-corrected chi connectivity index (χ0v) is 11.7. The summed E-state index contributed by atoms with van der Waals surface area (Å²) in [6.45, 7) is 8.00. The number of carbonyl (C=O) groups excluding carboxylic acids is 1. The van der Waals surface area contributed by atoms with Crippen molar-refractivity contribution in [3.05, 3.63) is 23.9 Å². The van der Waals surface area contributed by atoms with Crippen molar-refractivity contribution in [1.29, 1.82) is 0 Å². The topological polar surface area (TPSA) is 48.5 Å². The third kappa shape index (κ3) is 3.59. The van der Waals surface area contributed by atoms with Crippen LogP contribution in [0.5, 0.6) is 0 Å². The number of nitrogens with one attached hydrogen (secondary N) is 1. The van der Waals surface area contributed by atoms with E-state index in [2.05, 4.69) is 22.1 Å². The number of aryl methyl sites for hydroxylation is 1. The molecule has 1 N–H and O–H groups in total. The number of nitrogens with zero attached hydrogens (tertiary/aromatic N) is 3. The number of carbonyl (C=O) groups is 1. The van der Waals surface area contributed by atoms with E-state index in [0.717, 1.165) is 50.7 Å². The molecule has 5 nitrogen and oxygen atoms in total. The van der Waals surface area contributed by atoms with Gasteiger partial charge in [0.1, 0.15) is 5.82 Å². The van der Waals surface area contributed by atoms with Gasteiger partial charge in [-0.15, -0.1) is 0 Å². The molecule has 0 aliphatic carbocycles. The summed E-state index contributed by atoms with van der Waals surface area (Å²) >= 11 is 0. The lowest BCUT2D eigenvalue weighted by Gasteiger charge is -2.35.